The number of hydrogen-bond acceptors (Lipinski definition) is 3. The first kappa shape index (κ1) is 12.5. The average Bonchev–Trinajstić information content (AvgIpc) is 3.01. The number of esters is 1. The van der Waals surface area contributed by atoms with Crippen LogP contribution in [0.3, 0.4) is 0 Å². The maximum Gasteiger partial charge on any atom is 0.313 e. The summed E-state index contributed by atoms with van der Waals surface area (Å²) >= 11 is 0. The Morgan fingerprint density at radius 2 is 2.13 bits per heavy atom. The van der Waals surface area contributed by atoms with Crippen LogP contribution in [-0.4, -0.2) is 19.1 Å². The maximum absolute atomic E-state index is 11.9. The molecular formula is C12H23NO2. The van der Waals surface area contributed by atoms with Gasteiger partial charge in [-0.05, 0) is 25.7 Å². The lowest BCUT2D eigenvalue weighted by Gasteiger charge is -2.29. The summed E-state index contributed by atoms with van der Waals surface area (Å²) in [6.45, 7) is 4.82. The zero-order chi connectivity index (χ0) is 11.3. The van der Waals surface area contributed by atoms with Crippen LogP contribution in [0.25, 0.3) is 0 Å². The third-order valence-electron chi connectivity index (χ3n) is 3.20. The van der Waals surface area contributed by atoms with E-state index in [2.05, 4.69) is 6.92 Å². The van der Waals surface area contributed by atoms with Gasteiger partial charge in [-0.1, -0.05) is 26.2 Å². The number of nitrogens with two attached hydrogens (primary N) is 1. The standard InChI is InChI=1S/C12H23NO2/c1-3-7-12(9-13,8-10-5-6-10)11(14)15-4-2/h10H,3-9,13H2,1-2H3. The van der Waals surface area contributed by atoms with Gasteiger partial charge < -0.3 is 10.5 Å². The Bertz CT molecular complexity index is 214. The minimum absolute atomic E-state index is 0.0822. The molecule has 88 valence electrons. The molecule has 1 rings (SSSR count). The summed E-state index contributed by atoms with van der Waals surface area (Å²) < 4.78 is 5.16. The quantitative estimate of drug-likeness (QED) is 0.659. The zero-order valence-electron chi connectivity index (χ0n) is 9.92. The Balaban J connectivity index is 2.65. The summed E-state index contributed by atoms with van der Waals surface area (Å²) in [7, 11) is 0. The molecule has 1 unspecified atom stereocenters. The molecule has 0 saturated heterocycles. The van der Waals surface area contributed by atoms with Crippen molar-refractivity contribution in [2.75, 3.05) is 13.2 Å². The van der Waals surface area contributed by atoms with Gasteiger partial charge in [0.05, 0.1) is 12.0 Å². The lowest BCUT2D eigenvalue weighted by molar-refractivity contribution is -0.156. The molecule has 0 spiro atoms. The summed E-state index contributed by atoms with van der Waals surface area (Å²) in [5.74, 6) is 0.630. The molecule has 0 radical (unpaired) electrons. The van der Waals surface area contributed by atoms with Crippen LogP contribution in [0.1, 0.15) is 46.0 Å². The van der Waals surface area contributed by atoms with Crippen molar-refractivity contribution >= 4 is 5.97 Å². The Labute approximate surface area is 92.4 Å². The normalized spacial score (nSPS) is 19.7. The van der Waals surface area contributed by atoms with Crippen molar-refractivity contribution in [2.45, 2.75) is 46.0 Å². The van der Waals surface area contributed by atoms with E-state index in [-0.39, 0.29) is 5.97 Å². The lowest BCUT2D eigenvalue weighted by Crippen LogP contribution is -2.40. The van der Waals surface area contributed by atoms with Gasteiger partial charge in [-0.15, -0.1) is 0 Å². The minimum Gasteiger partial charge on any atom is -0.466 e. The summed E-state index contributed by atoms with van der Waals surface area (Å²) in [5.41, 5.74) is 5.40. The SMILES string of the molecule is CCCC(CN)(CC1CC1)C(=O)OCC. The molecule has 1 fully saturated rings. The first-order valence-electron chi connectivity index (χ1n) is 6.05. The van der Waals surface area contributed by atoms with Crippen LogP contribution in [0.15, 0.2) is 0 Å². The number of ether oxygens (including phenoxy) is 1. The van der Waals surface area contributed by atoms with Crippen LogP contribution in [0.2, 0.25) is 0 Å². The van der Waals surface area contributed by atoms with Crippen LogP contribution in [0.5, 0.6) is 0 Å². The first-order valence-corrected chi connectivity index (χ1v) is 6.05. The largest absolute Gasteiger partial charge is 0.466 e. The molecule has 15 heavy (non-hydrogen) atoms. The van der Waals surface area contributed by atoms with Gasteiger partial charge in [0.25, 0.3) is 0 Å². The van der Waals surface area contributed by atoms with Crippen molar-refractivity contribution in [2.24, 2.45) is 17.1 Å². The minimum atomic E-state index is -0.397. The van der Waals surface area contributed by atoms with E-state index in [1.807, 2.05) is 6.92 Å². The monoisotopic (exact) mass is 213 g/mol. The second kappa shape index (κ2) is 5.50. The molecule has 1 atom stereocenters. The van der Waals surface area contributed by atoms with E-state index >= 15 is 0 Å². The zero-order valence-corrected chi connectivity index (χ0v) is 9.92. The molecule has 1 aliphatic rings. The van der Waals surface area contributed by atoms with Crippen LogP contribution in [0, 0.1) is 11.3 Å². The van der Waals surface area contributed by atoms with E-state index in [0.717, 1.165) is 19.3 Å². The van der Waals surface area contributed by atoms with Crippen molar-refractivity contribution in [1.82, 2.24) is 0 Å². The molecule has 1 aliphatic carbocycles. The molecule has 0 aliphatic heterocycles. The van der Waals surface area contributed by atoms with E-state index in [0.29, 0.717) is 19.1 Å². The molecule has 0 bridgehead atoms. The van der Waals surface area contributed by atoms with Crippen LogP contribution in [0.4, 0.5) is 0 Å². The smallest absolute Gasteiger partial charge is 0.313 e. The Morgan fingerprint density at radius 1 is 1.47 bits per heavy atom. The van der Waals surface area contributed by atoms with Crippen LogP contribution < -0.4 is 5.73 Å². The summed E-state index contributed by atoms with van der Waals surface area (Å²) in [6.07, 6.45) is 5.29. The molecule has 0 aromatic rings. The predicted octanol–water partition coefficient (Wildman–Crippen LogP) is 2.09. The molecule has 0 amide bonds. The van der Waals surface area contributed by atoms with Gasteiger partial charge in [0.2, 0.25) is 0 Å². The number of rotatable bonds is 7. The van der Waals surface area contributed by atoms with Gasteiger partial charge in [-0.25, -0.2) is 0 Å². The predicted molar refractivity (Wildman–Crippen MR) is 60.4 cm³/mol. The van der Waals surface area contributed by atoms with Gasteiger partial charge >= 0.3 is 5.97 Å². The molecule has 0 aromatic carbocycles. The molecule has 0 heterocycles. The molecule has 3 heteroatoms. The van der Waals surface area contributed by atoms with E-state index in [1.165, 1.54) is 12.8 Å². The van der Waals surface area contributed by atoms with Gasteiger partial charge in [-0.2, -0.15) is 0 Å². The summed E-state index contributed by atoms with van der Waals surface area (Å²) in [6, 6.07) is 0. The second-order valence-corrected chi connectivity index (χ2v) is 4.60. The highest BCUT2D eigenvalue weighted by molar-refractivity contribution is 5.77. The van der Waals surface area contributed by atoms with E-state index in [1.54, 1.807) is 0 Å². The molecule has 3 nitrogen and oxygen atoms in total. The van der Waals surface area contributed by atoms with Crippen LogP contribution in [-0.2, 0) is 9.53 Å². The number of carbonyl (C=O) groups is 1. The fourth-order valence-corrected chi connectivity index (χ4v) is 2.19. The fraction of sp³-hybridized carbons (Fsp3) is 0.917. The van der Waals surface area contributed by atoms with Crippen molar-refractivity contribution in [3.63, 3.8) is 0 Å². The van der Waals surface area contributed by atoms with Crippen molar-refractivity contribution in [1.29, 1.82) is 0 Å². The maximum atomic E-state index is 11.9. The average molecular weight is 213 g/mol. The van der Waals surface area contributed by atoms with Crippen molar-refractivity contribution in [3.8, 4) is 0 Å². The van der Waals surface area contributed by atoms with E-state index in [9.17, 15) is 4.79 Å². The molecule has 1 saturated carbocycles. The summed E-state index contributed by atoms with van der Waals surface area (Å²) in [4.78, 5) is 11.9. The van der Waals surface area contributed by atoms with E-state index in [4.69, 9.17) is 10.5 Å². The first-order chi connectivity index (χ1) is 7.18. The molecular weight excluding hydrogens is 190 g/mol. The lowest BCUT2D eigenvalue weighted by atomic mass is 9.78. The highest BCUT2D eigenvalue weighted by atomic mass is 16.5. The van der Waals surface area contributed by atoms with Crippen LogP contribution >= 0.6 is 0 Å². The van der Waals surface area contributed by atoms with Gasteiger partial charge in [-0.3, -0.25) is 4.79 Å². The highest BCUT2D eigenvalue weighted by Crippen LogP contribution is 2.42. The Morgan fingerprint density at radius 3 is 2.53 bits per heavy atom. The molecule has 0 aromatic heterocycles. The van der Waals surface area contributed by atoms with Crippen molar-refractivity contribution < 1.29 is 9.53 Å². The second-order valence-electron chi connectivity index (χ2n) is 4.60. The Kier molecular flexibility index (Phi) is 4.58. The summed E-state index contributed by atoms with van der Waals surface area (Å²) in [5, 5.41) is 0. The number of hydrogen-bond donors (Lipinski definition) is 1. The number of carbonyl (C=O) groups excluding carboxylic acids is 1. The van der Waals surface area contributed by atoms with Gasteiger partial charge in [0, 0.05) is 6.54 Å². The van der Waals surface area contributed by atoms with Crippen molar-refractivity contribution in [3.05, 3.63) is 0 Å². The topological polar surface area (TPSA) is 52.3 Å². The third-order valence-corrected chi connectivity index (χ3v) is 3.20. The van der Waals surface area contributed by atoms with Gasteiger partial charge in [0.1, 0.15) is 0 Å². The van der Waals surface area contributed by atoms with E-state index < -0.39 is 5.41 Å². The third kappa shape index (κ3) is 3.20. The van der Waals surface area contributed by atoms with Gasteiger partial charge in [0.15, 0.2) is 0 Å². The molecule has 2 N–H and O–H groups in total. The Hall–Kier alpha value is -0.570. The highest BCUT2D eigenvalue weighted by Gasteiger charge is 2.42. The fourth-order valence-electron chi connectivity index (χ4n) is 2.19.